The summed E-state index contributed by atoms with van der Waals surface area (Å²) in [4.78, 5) is 7.85. The number of methoxy groups -OCH3 is 1. The van der Waals surface area contributed by atoms with Crippen LogP contribution in [0.25, 0.3) is 0 Å². The number of nitrogens with one attached hydrogen (secondary N) is 1. The largest absolute Gasteiger partial charge is 0.490 e. The Balaban J connectivity index is 2.72. The van der Waals surface area contributed by atoms with Gasteiger partial charge >= 0.3 is 0 Å². The van der Waals surface area contributed by atoms with E-state index in [2.05, 4.69) is 15.3 Å². The fraction of sp³-hybridized carbons (Fsp3) is 0.636. The first-order valence-electron chi connectivity index (χ1n) is 5.51. The number of aromatic nitrogens is 2. The van der Waals surface area contributed by atoms with Crippen molar-refractivity contribution in [3.8, 4) is 5.75 Å². The number of anilines is 1. The van der Waals surface area contributed by atoms with Crippen molar-refractivity contribution in [3.63, 3.8) is 0 Å². The van der Waals surface area contributed by atoms with Crippen LogP contribution in [0.2, 0.25) is 5.15 Å². The Kier molecular flexibility index (Phi) is 4.96. The number of hydrogen-bond acceptors (Lipinski definition) is 5. The number of aliphatic hydroxyl groups is 1. The molecule has 0 amide bonds. The van der Waals surface area contributed by atoms with Crippen molar-refractivity contribution < 1.29 is 9.84 Å². The van der Waals surface area contributed by atoms with E-state index in [0.29, 0.717) is 24.5 Å². The highest BCUT2D eigenvalue weighted by molar-refractivity contribution is 6.31. The Labute approximate surface area is 106 Å². The van der Waals surface area contributed by atoms with Gasteiger partial charge < -0.3 is 15.2 Å². The first-order chi connectivity index (χ1) is 8.00. The molecule has 0 aliphatic rings. The third-order valence-electron chi connectivity index (χ3n) is 2.39. The Morgan fingerprint density at radius 1 is 1.53 bits per heavy atom. The Morgan fingerprint density at radius 3 is 2.82 bits per heavy atom. The summed E-state index contributed by atoms with van der Waals surface area (Å²) in [5.41, 5.74) is -0.781. The highest BCUT2D eigenvalue weighted by atomic mass is 35.5. The second-order valence-corrected chi connectivity index (χ2v) is 4.50. The van der Waals surface area contributed by atoms with Gasteiger partial charge in [0.1, 0.15) is 6.33 Å². The second-order valence-electron chi connectivity index (χ2n) is 4.15. The van der Waals surface area contributed by atoms with Gasteiger partial charge in [0.2, 0.25) is 0 Å². The van der Waals surface area contributed by atoms with E-state index in [1.54, 1.807) is 6.92 Å². The molecule has 1 aromatic heterocycles. The van der Waals surface area contributed by atoms with Crippen molar-refractivity contribution in [1.29, 1.82) is 0 Å². The minimum Gasteiger partial charge on any atom is -0.490 e. The summed E-state index contributed by atoms with van der Waals surface area (Å²) in [5.74, 6) is 0.880. The van der Waals surface area contributed by atoms with Crippen molar-refractivity contribution in [2.45, 2.75) is 32.3 Å². The van der Waals surface area contributed by atoms with Crippen LogP contribution >= 0.6 is 11.6 Å². The van der Waals surface area contributed by atoms with Crippen LogP contribution in [0, 0.1) is 0 Å². The first-order valence-corrected chi connectivity index (χ1v) is 5.88. The van der Waals surface area contributed by atoms with E-state index in [1.165, 1.54) is 13.4 Å². The Morgan fingerprint density at radius 2 is 2.24 bits per heavy atom. The molecule has 0 radical (unpaired) electrons. The molecule has 1 rings (SSSR count). The summed E-state index contributed by atoms with van der Waals surface area (Å²) >= 11 is 5.86. The van der Waals surface area contributed by atoms with E-state index in [0.717, 1.165) is 6.42 Å². The SMILES string of the molecule is CCCC(C)(O)CNc1ncnc(Cl)c1OC. The number of ether oxygens (including phenoxy) is 1. The first kappa shape index (κ1) is 14.0. The second kappa shape index (κ2) is 6.02. The lowest BCUT2D eigenvalue weighted by Crippen LogP contribution is -2.33. The molecule has 0 aromatic carbocycles. The van der Waals surface area contributed by atoms with Gasteiger partial charge in [-0.25, -0.2) is 9.97 Å². The molecule has 2 N–H and O–H groups in total. The number of rotatable bonds is 6. The monoisotopic (exact) mass is 259 g/mol. The zero-order valence-corrected chi connectivity index (χ0v) is 11.1. The van der Waals surface area contributed by atoms with Crippen molar-refractivity contribution in [2.24, 2.45) is 0 Å². The van der Waals surface area contributed by atoms with E-state index >= 15 is 0 Å². The van der Waals surface area contributed by atoms with Gasteiger partial charge in [-0.2, -0.15) is 0 Å². The zero-order valence-electron chi connectivity index (χ0n) is 10.3. The molecule has 1 unspecified atom stereocenters. The van der Waals surface area contributed by atoms with Gasteiger partial charge in [0.15, 0.2) is 16.7 Å². The molecule has 0 fully saturated rings. The fourth-order valence-corrected chi connectivity index (χ4v) is 1.77. The van der Waals surface area contributed by atoms with Gasteiger partial charge in [-0.15, -0.1) is 0 Å². The Bertz CT molecular complexity index is 372. The topological polar surface area (TPSA) is 67.3 Å². The molecule has 0 spiro atoms. The summed E-state index contributed by atoms with van der Waals surface area (Å²) < 4.78 is 5.10. The summed E-state index contributed by atoms with van der Waals surface area (Å²) in [7, 11) is 1.50. The standard InChI is InChI=1S/C11H18ClN3O2/c1-4-5-11(2,16)6-13-10-8(17-3)9(12)14-7-15-10/h7,16H,4-6H2,1-3H3,(H,13,14,15). The predicted octanol–water partition coefficient (Wildman–Crippen LogP) is 2.10. The maximum Gasteiger partial charge on any atom is 0.198 e. The van der Waals surface area contributed by atoms with E-state index in [-0.39, 0.29) is 5.15 Å². The highest BCUT2D eigenvalue weighted by Gasteiger charge is 2.20. The number of nitrogens with zero attached hydrogens (tertiary/aromatic N) is 2. The molecule has 0 aliphatic carbocycles. The summed E-state index contributed by atoms with van der Waals surface area (Å²) in [6.07, 6.45) is 2.97. The molecule has 0 aliphatic heterocycles. The van der Waals surface area contributed by atoms with Gasteiger partial charge in [0, 0.05) is 6.54 Å². The molecule has 17 heavy (non-hydrogen) atoms. The summed E-state index contributed by atoms with van der Waals surface area (Å²) in [6.45, 7) is 4.18. The van der Waals surface area contributed by atoms with E-state index in [4.69, 9.17) is 16.3 Å². The van der Waals surface area contributed by atoms with Gasteiger partial charge in [0.05, 0.1) is 12.7 Å². The number of hydrogen-bond donors (Lipinski definition) is 2. The van der Waals surface area contributed by atoms with E-state index < -0.39 is 5.60 Å². The van der Waals surface area contributed by atoms with Crippen molar-refractivity contribution in [1.82, 2.24) is 9.97 Å². The summed E-state index contributed by atoms with van der Waals surface area (Å²) in [5, 5.41) is 13.3. The van der Waals surface area contributed by atoms with Crippen LogP contribution in [-0.4, -0.2) is 34.3 Å². The van der Waals surface area contributed by atoms with Crippen LogP contribution in [0.4, 0.5) is 5.82 Å². The minimum atomic E-state index is -0.781. The van der Waals surface area contributed by atoms with E-state index in [9.17, 15) is 5.11 Å². The maximum absolute atomic E-state index is 10.0. The highest BCUT2D eigenvalue weighted by Crippen LogP contribution is 2.28. The fourth-order valence-electron chi connectivity index (χ4n) is 1.56. The lowest BCUT2D eigenvalue weighted by Gasteiger charge is -2.23. The minimum absolute atomic E-state index is 0.250. The maximum atomic E-state index is 10.0. The lowest BCUT2D eigenvalue weighted by molar-refractivity contribution is 0.0635. The third-order valence-corrected chi connectivity index (χ3v) is 2.66. The molecule has 0 saturated carbocycles. The number of halogens is 1. The van der Waals surface area contributed by atoms with Crippen molar-refractivity contribution in [2.75, 3.05) is 19.0 Å². The molecule has 6 heteroatoms. The quantitative estimate of drug-likeness (QED) is 0.766. The average molecular weight is 260 g/mol. The molecule has 0 saturated heterocycles. The summed E-state index contributed by atoms with van der Waals surface area (Å²) in [6, 6.07) is 0. The van der Waals surface area contributed by atoms with Crippen LogP contribution < -0.4 is 10.1 Å². The average Bonchev–Trinajstić information content (AvgIpc) is 2.26. The molecular formula is C11H18ClN3O2. The molecule has 0 bridgehead atoms. The normalized spacial score (nSPS) is 14.2. The van der Waals surface area contributed by atoms with Gasteiger partial charge in [-0.3, -0.25) is 0 Å². The van der Waals surface area contributed by atoms with Crippen molar-refractivity contribution in [3.05, 3.63) is 11.5 Å². The van der Waals surface area contributed by atoms with Crippen LogP contribution in [0.15, 0.2) is 6.33 Å². The van der Waals surface area contributed by atoms with Crippen LogP contribution in [-0.2, 0) is 0 Å². The lowest BCUT2D eigenvalue weighted by atomic mass is 10.0. The van der Waals surface area contributed by atoms with Crippen LogP contribution in [0.5, 0.6) is 5.75 Å². The van der Waals surface area contributed by atoms with Gasteiger partial charge in [-0.05, 0) is 13.3 Å². The smallest absolute Gasteiger partial charge is 0.198 e. The van der Waals surface area contributed by atoms with E-state index in [1.807, 2.05) is 6.92 Å². The third kappa shape index (κ3) is 4.02. The zero-order chi connectivity index (χ0) is 12.9. The van der Waals surface area contributed by atoms with Crippen LogP contribution in [0.3, 0.4) is 0 Å². The van der Waals surface area contributed by atoms with Crippen LogP contribution in [0.1, 0.15) is 26.7 Å². The molecule has 1 atom stereocenters. The molecule has 5 nitrogen and oxygen atoms in total. The van der Waals surface area contributed by atoms with Crippen molar-refractivity contribution >= 4 is 17.4 Å². The van der Waals surface area contributed by atoms with Gasteiger partial charge in [0.25, 0.3) is 0 Å². The Hall–Kier alpha value is -1.07. The molecular weight excluding hydrogens is 242 g/mol. The molecule has 96 valence electrons. The van der Waals surface area contributed by atoms with Gasteiger partial charge in [-0.1, -0.05) is 24.9 Å². The predicted molar refractivity (Wildman–Crippen MR) is 67.6 cm³/mol. The molecule has 1 heterocycles. The molecule has 1 aromatic rings.